The molecule has 0 spiro atoms. The molecule has 2 aromatic carbocycles. The van der Waals surface area contributed by atoms with Gasteiger partial charge in [-0.05, 0) is 36.2 Å². The molecule has 0 fully saturated rings. The summed E-state index contributed by atoms with van der Waals surface area (Å²) in [5.41, 5.74) is 3.40. The molecule has 29 heavy (non-hydrogen) atoms. The molecule has 0 saturated heterocycles. The Morgan fingerprint density at radius 2 is 1.59 bits per heavy atom. The number of carbonyl (C=O) groups is 1. The summed E-state index contributed by atoms with van der Waals surface area (Å²) >= 11 is 0. The Labute approximate surface area is 170 Å². The Hall–Kier alpha value is -3.54. The Morgan fingerprint density at radius 1 is 0.931 bits per heavy atom. The first-order chi connectivity index (χ1) is 14.1. The van der Waals surface area contributed by atoms with E-state index >= 15 is 0 Å². The van der Waals surface area contributed by atoms with E-state index in [0.717, 1.165) is 16.7 Å². The van der Waals surface area contributed by atoms with E-state index in [1.807, 2.05) is 43.3 Å². The van der Waals surface area contributed by atoms with Crippen molar-refractivity contribution in [2.75, 3.05) is 21.3 Å². The van der Waals surface area contributed by atoms with Crippen LogP contribution in [0.4, 0.5) is 0 Å². The van der Waals surface area contributed by atoms with Gasteiger partial charge in [-0.1, -0.05) is 35.9 Å². The summed E-state index contributed by atoms with van der Waals surface area (Å²) in [5.74, 6) is 1.02. The van der Waals surface area contributed by atoms with Crippen molar-refractivity contribution in [1.82, 2.24) is 10.3 Å². The molecule has 1 N–H and O–H groups in total. The fourth-order valence-electron chi connectivity index (χ4n) is 3.09. The number of methoxy groups -OCH3 is 3. The van der Waals surface area contributed by atoms with Crippen LogP contribution in [0, 0.1) is 6.92 Å². The maximum absolute atomic E-state index is 13.1. The van der Waals surface area contributed by atoms with E-state index in [9.17, 15) is 4.79 Å². The van der Waals surface area contributed by atoms with Gasteiger partial charge in [0.25, 0.3) is 5.91 Å². The lowest BCUT2D eigenvalue weighted by atomic mass is 9.98. The molecule has 1 amide bonds. The van der Waals surface area contributed by atoms with E-state index in [4.69, 9.17) is 14.2 Å². The second kappa shape index (κ2) is 9.10. The molecule has 0 bridgehead atoms. The average Bonchev–Trinajstić information content (AvgIpc) is 2.77. The van der Waals surface area contributed by atoms with Crippen molar-refractivity contribution in [3.63, 3.8) is 0 Å². The van der Waals surface area contributed by atoms with Gasteiger partial charge in [0.15, 0.2) is 11.5 Å². The molecule has 3 rings (SSSR count). The third-order valence-corrected chi connectivity index (χ3v) is 4.63. The Balaban J connectivity index is 1.98. The van der Waals surface area contributed by atoms with E-state index in [1.165, 1.54) is 21.3 Å². The summed E-state index contributed by atoms with van der Waals surface area (Å²) in [4.78, 5) is 17.3. The van der Waals surface area contributed by atoms with Gasteiger partial charge in [-0.2, -0.15) is 0 Å². The lowest BCUT2D eigenvalue weighted by Gasteiger charge is -2.21. The van der Waals surface area contributed by atoms with Crippen molar-refractivity contribution in [1.29, 1.82) is 0 Å². The van der Waals surface area contributed by atoms with Crippen LogP contribution >= 0.6 is 0 Å². The summed E-state index contributed by atoms with van der Waals surface area (Å²) in [6.07, 6.45) is 3.46. The number of aromatic nitrogens is 1. The predicted molar refractivity (Wildman–Crippen MR) is 111 cm³/mol. The lowest BCUT2D eigenvalue weighted by molar-refractivity contribution is 0.0942. The van der Waals surface area contributed by atoms with Gasteiger partial charge in [-0.15, -0.1) is 0 Å². The summed E-state index contributed by atoms with van der Waals surface area (Å²) < 4.78 is 16.1. The standard InChI is InChI=1S/C23H24N2O4/c1-15-7-9-16(10-8-15)21(17-6-5-11-24-14-17)25-23(26)18-12-19(27-2)22(29-4)20(13-18)28-3/h5-14,21H,1-4H3,(H,25,26)/t21-/m1/s1. The van der Waals surface area contributed by atoms with Crippen LogP contribution in [0.3, 0.4) is 0 Å². The molecular formula is C23H24N2O4. The maximum Gasteiger partial charge on any atom is 0.252 e. The Kier molecular flexibility index (Phi) is 6.34. The third kappa shape index (κ3) is 4.48. The maximum atomic E-state index is 13.1. The van der Waals surface area contributed by atoms with Crippen LogP contribution in [0.25, 0.3) is 0 Å². The zero-order valence-corrected chi connectivity index (χ0v) is 16.9. The fourth-order valence-corrected chi connectivity index (χ4v) is 3.09. The first kappa shape index (κ1) is 20.2. The summed E-state index contributed by atoms with van der Waals surface area (Å²) in [6, 6.07) is 14.7. The first-order valence-electron chi connectivity index (χ1n) is 9.14. The molecular weight excluding hydrogens is 368 g/mol. The normalized spacial score (nSPS) is 11.4. The van der Waals surface area contributed by atoms with E-state index in [-0.39, 0.29) is 11.9 Å². The second-order valence-electron chi connectivity index (χ2n) is 6.52. The molecule has 6 heteroatoms. The van der Waals surface area contributed by atoms with Crippen LogP contribution in [0.2, 0.25) is 0 Å². The number of ether oxygens (including phenoxy) is 3. The number of pyridine rings is 1. The van der Waals surface area contributed by atoms with Crippen LogP contribution in [0.1, 0.15) is 33.1 Å². The minimum absolute atomic E-state index is 0.265. The zero-order chi connectivity index (χ0) is 20.8. The second-order valence-corrected chi connectivity index (χ2v) is 6.52. The van der Waals surface area contributed by atoms with Crippen molar-refractivity contribution in [3.05, 3.63) is 83.2 Å². The van der Waals surface area contributed by atoms with E-state index in [2.05, 4.69) is 10.3 Å². The monoisotopic (exact) mass is 392 g/mol. The largest absolute Gasteiger partial charge is 0.493 e. The molecule has 1 atom stereocenters. The highest BCUT2D eigenvalue weighted by Gasteiger charge is 2.21. The minimum Gasteiger partial charge on any atom is -0.493 e. The number of benzene rings is 2. The number of amides is 1. The van der Waals surface area contributed by atoms with Crippen LogP contribution in [0.5, 0.6) is 17.2 Å². The Bertz CT molecular complexity index is 947. The highest BCUT2D eigenvalue weighted by Crippen LogP contribution is 2.38. The average molecular weight is 392 g/mol. The number of hydrogen-bond acceptors (Lipinski definition) is 5. The minimum atomic E-state index is -0.351. The number of aryl methyl sites for hydroxylation is 1. The van der Waals surface area contributed by atoms with Crippen molar-refractivity contribution in [2.24, 2.45) is 0 Å². The molecule has 0 aliphatic heterocycles. The van der Waals surface area contributed by atoms with Crippen LogP contribution in [-0.2, 0) is 0 Å². The molecule has 0 aliphatic rings. The highest BCUT2D eigenvalue weighted by atomic mass is 16.5. The van der Waals surface area contributed by atoms with Gasteiger partial charge in [0, 0.05) is 18.0 Å². The molecule has 0 aliphatic carbocycles. The SMILES string of the molecule is COc1cc(C(=O)N[C@H](c2ccc(C)cc2)c2cccnc2)cc(OC)c1OC. The topological polar surface area (TPSA) is 69.7 Å². The van der Waals surface area contributed by atoms with Gasteiger partial charge < -0.3 is 19.5 Å². The van der Waals surface area contributed by atoms with Crippen LogP contribution < -0.4 is 19.5 Å². The van der Waals surface area contributed by atoms with Gasteiger partial charge >= 0.3 is 0 Å². The molecule has 1 heterocycles. The van der Waals surface area contributed by atoms with Crippen molar-refractivity contribution in [2.45, 2.75) is 13.0 Å². The molecule has 0 unspecified atom stereocenters. The number of hydrogen-bond donors (Lipinski definition) is 1. The molecule has 6 nitrogen and oxygen atoms in total. The highest BCUT2D eigenvalue weighted by molar-refractivity contribution is 5.96. The van der Waals surface area contributed by atoms with Gasteiger partial charge in [-0.3, -0.25) is 9.78 Å². The number of carbonyl (C=O) groups excluding carboxylic acids is 1. The zero-order valence-electron chi connectivity index (χ0n) is 16.9. The van der Waals surface area contributed by atoms with Gasteiger partial charge in [0.05, 0.1) is 27.4 Å². The third-order valence-electron chi connectivity index (χ3n) is 4.63. The number of nitrogens with one attached hydrogen (secondary N) is 1. The predicted octanol–water partition coefficient (Wildman–Crippen LogP) is 3.94. The van der Waals surface area contributed by atoms with E-state index in [0.29, 0.717) is 22.8 Å². The summed E-state index contributed by atoms with van der Waals surface area (Å²) in [6.45, 7) is 2.03. The van der Waals surface area contributed by atoms with Crippen molar-refractivity contribution >= 4 is 5.91 Å². The number of nitrogens with zero attached hydrogens (tertiary/aromatic N) is 1. The van der Waals surface area contributed by atoms with E-state index in [1.54, 1.807) is 24.5 Å². The van der Waals surface area contributed by atoms with Crippen molar-refractivity contribution < 1.29 is 19.0 Å². The number of rotatable bonds is 7. The molecule has 150 valence electrons. The van der Waals surface area contributed by atoms with Gasteiger partial charge in [0.2, 0.25) is 5.75 Å². The van der Waals surface area contributed by atoms with Crippen LogP contribution in [-0.4, -0.2) is 32.2 Å². The Morgan fingerprint density at radius 3 is 2.10 bits per heavy atom. The molecule has 3 aromatic rings. The lowest BCUT2D eigenvalue weighted by Crippen LogP contribution is -2.29. The first-order valence-corrected chi connectivity index (χ1v) is 9.14. The smallest absolute Gasteiger partial charge is 0.252 e. The summed E-state index contributed by atoms with van der Waals surface area (Å²) in [7, 11) is 4.56. The van der Waals surface area contributed by atoms with E-state index < -0.39 is 0 Å². The summed E-state index contributed by atoms with van der Waals surface area (Å²) in [5, 5.41) is 3.09. The van der Waals surface area contributed by atoms with Gasteiger partial charge in [0.1, 0.15) is 0 Å². The van der Waals surface area contributed by atoms with Gasteiger partial charge in [-0.25, -0.2) is 0 Å². The molecule has 1 aromatic heterocycles. The van der Waals surface area contributed by atoms with Crippen molar-refractivity contribution in [3.8, 4) is 17.2 Å². The van der Waals surface area contributed by atoms with Crippen LogP contribution in [0.15, 0.2) is 60.9 Å². The quantitative estimate of drug-likeness (QED) is 0.660. The molecule has 0 saturated carbocycles. The molecule has 0 radical (unpaired) electrons. The fraction of sp³-hybridized carbons (Fsp3) is 0.217.